The van der Waals surface area contributed by atoms with Crippen molar-refractivity contribution in [1.29, 1.82) is 0 Å². The van der Waals surface area contributed by atoms with Gasteiger partial charge in [-0.05, 0) is 38.1 Å². The molecule has 0 atom stereocenters. The van der Waals surface area contributed by atoms with Crippen LogP contribution in [0.5, 0.6) is 0 Å². The van der Waals surface area contributed by atoms with Gasteiger partial charge in [0, 0.05) is 16.9 Å². The van der Waals surface area contributed by atoms with Crippen LogP contribution in [0.4, 0.5) is 0 Å². The molecule has 9 heteroatoms. The first-order valence-electron chi connectivity index (χ1n) is 9.27. The molecular weight excluding hydrogens is 423 g/mol. The molecule has 0 aliphatic carbocycles. The minimum absolute atomic E-state index is 0.469. The van der Waals surface area contributed by atoms with Crippen molar-refractivity contribution in [2.45, 2.75) is 25.9 Å². The smallest absolute Gasteiger partial charge is 0.255 e. The molecular formula is C20H23N4O2PS2. The Morgan fingerprint density at radius 2 is 1.59 bits per heavy atom. The van der Waals surface area contributed by atoms with Gasteiger partial charge in [-0.2, -0.15) is 9.78 Å². The van der Waals surface area contributed by atoms with Crippen molar-refractivity contribution in [3.05, 3.63) is 66.2 Å². The maximum atomic E-state index is 5.77. The molecule has 152 valence electrons. The van der Waals surface area contributed by atoms with Crippen LogP contribution in [0.25, 0.3) is 11.4 Å². The van der Waals surface area contributed by atoms with E-state index in [1.807, 2.05) is 81.4 Å². The molecule has 0 aliphatic rings. The fourth-order valence-electron chi connectivity index (χ4n) is 2.57. The first-order valence-corrected chi connectivity index (χ1v) is 13.3. The molecule has 0 saturated carbocycles. The third-order valence-electron chi connectivity index (χ3n) is 3.85. The standard InChI is InChI=1S/C20H23N4O2PS2/c1-4-25-27(28,26-5-2)29-20-22-21-19(18-14-10-7-11-15-18)24(20)23-16(3)17-12-8-6-9-13-17/h6-15H,4-5H2,1-3H3/b23-16+. The molecule has 0 unspecified atom stereocenters. The Morgan fingerprint density at radius 3 is 2.17 bits per heavy atom. The van der Waals surface area contributed by atoms with Gasteiger partial charge in [0.25, 0.3) is 5.69 Å². The quantitative estimate of drug-likeness (QED) is 0.315. The van der Waals surface area contributed by atoms with Crippen LogP contribution in [0.1, 0.15) is 26.3 Å². The van der Waals surface area contributed by atoms with E-state index in [9.17, 15) is 0 Å². The van der Waals surface area contributed by atoms with Gasteiger partial charge in [-0.3, -0.25) is 0 Å². The van der Waals surface area contributed by atoms with E-state index in [0.717, 1.165) is 16.8 Å². The zero-order valence-electron chi connectivity index (χ0n) is 16.6. The van der Waals surface area contributed by atoms with Crippen LogP contribution in [0.3, 0.4) is 0 Å². The van der Waals surface area contributed by atoms with Crippen molar-refractivity contribution in [2.24, 2.45) is 5.10 Å². The lowest BCUT2D eigenvalue weighted by Gasteiger charge is -2.19. The fourth-order valence-corrected chi connectivity index (χ4v) is 6.99. The maximum absolute atomic E-state index is 5.77. The zero-order chi connectivity index (χ0) is 20.7. The van der Waals surface area contributed by atoms with Gasteiger partial charge in [0.2, 0.25) is 5.16 Å². The van der Waals surface area contributed by atoms with E-state index in [4.69, 9.17) is 26.0 Å². The number of benzene rings is 2. The van der Waals surface area contributed by atoms with Crippen molar-refractivity contribution < 1.29 is 9.05 Å². The van der Waals surface area contributed by atoms with E-state index < -0.39 is 5.69 Å². The summed E-state index contributed by atoms with van der Waals surface area (Å²) in [6.45, 7) is 6.70. The van der Waals surface area contributed by atoms with Gasteiger partial charge in [0.05, 0.1) is 18.9 Å². The molecule has 6 nitrogen and oxygen atoms in total. The van der Waals surface area contributed by atoms with Gasteiger partial charge in [-0.25, -0.2) is 0 Å². The molecule has 29 heavy (non-hydrogen) atoms. The molecule has 1 aromatic heterocycles. The fraction of sp³-hybridized carbons (Fsp3) is 0.250. The van der Waals surface area contributed by atoms with Crippen molar-refractivity contribution in [3.63, 3.8) is 0 Å². The molecule has 0 spiro atoms. The molecule has 0 bridgehead atoms. The molecule has 0 fully saturated rings. The van der Waals surface area contributed by atoms with Gasteiger partial charge < -0.3 is 9.05 Å². The first kappa shape index (κ1) is 21.9. The Labute approximate surface area is 180 Å². The summed E-state index contributed by atoms with van der Waals surface area (Å²) in [5.41, 5.74) is 0.167. The Balaban J connectivity index is 2.08. The maximum Gasteiger partial charge on any atom is 0.255 e. The molecule has 2 aromatic carbocycles. The number of hydrogen-bond acceptors (Lipinski definition) is 7. The van der Waals surface area contributed by atoms with Crippen LogP contribution in [0.15, 0.2) is 70.9 Å². The summed E-state index contributed by atoms with van der Waals surface area (Å²) in [5, 5.41) is 14.1. The van der Waals surface area contributed by atoms with Crippen molar-refractivity contribution in [1.82, 2.24) is 14.9 Å². The normalized spacial score (nSPS) is 12.3. The predicted octanol–water partition coefficient (Wildman–Crippen LogP) is 5.61. The van der Waals surface area contributed by atoms with Crippen LogP contribution in [0.2, 0.25) is 0 Å². The average molecular weight is 447 g/mol. The molecule has 0 amide bonds. The Morgan fingerprint density at radius 1 is 1.00 bits per heavy atom. The molecule has 0 radical (unpaired) electrons. The lowest BCUT2D eigenvalue weighted by Crippen LogP contribution is -2.03. The van der Waals surface area contributed by atoms with Crippen LogP contribution >= 0.6 is 17.1 Å². The second-order valence-electron chi connectivity index (χ2n) is 5.91. The third-order valence-corrected chi connectivity index (χ3v) is 8.74. The number of rotatable bonds is 9. The lowest BCUT2D eigenvalue weighted by molar-refractivity contribution is 0.280. The molecule has 0 saturated heterocycles. The largest absolute Gasteiger partial charge is 0.322 e. The predicted molar refractivity (Wildman–Crippen MR) is 123 cm³/mol. The van der Waals surface area contributed by atoms with E-state index in [-0.39, 0.29) is 0 Å². The molecule has 3 rings (SSSR count). The van der Waals surface area contributed by atoms with Crippen LogP contribution in [-0.2, 0) is 20.9 Å². The van der Waals surface area contributed by atoms with Gasteiger partial charge in [-0.15, -0.1) is 10.2 Å². The van der Waals surface area contributed by atoms with Crippen LogP contribution in [0, 0.1) is 0 Å². The number of aromatic nitrogens is 3. The summed E-state index contributed by atoms with van der Waals surface area (Å²) in [4.78, 5) is 0. The minimum Gasteiger partial charge on any atom is -0.322 e. The summed E-state index contributed by atoms with van der Waals surface area (Å²) in [6, 6.07) is 19.8. The molecule has 0 aliphatic heterocycles. The monoisotopic (exact) mass is 446 g/mol. The number of hydrogen-bond donors (Lipinski definition) is 0. The van der Waals surface area contributed by atoms with Crippen LogP contribution < -0.4 is 0 Å². The van der Waals surface area contributed by atoms with E-state index in [2.05, 4.69) is 10.2 Å². The Hall–Kier alpha value is -1.83. The molecule has 3 aromatic rings. The highest BCUT2D eigenvalue weighted by molar-refractivity contribution is 8.67. The van der Waals surface area contributed by atoms with Crippen molar-refractivity contribution in [2.75, 3.05) is 13.2 Å². The molecule has 0 N–H and O–H groups in total. The first-order chi connectivity index (χ1) is 14.1. The molecule has 1 heterocycles. The summed E-state index contributed by atoms with van der Waals surface area (Å²) >= 11 is 6.96. The minimum atomic E-state index is -2.60. The Bertz CT molecular complexity index is 1000. The number of nitrogens with zero attached hydrogens (tertiary/aromatic N) is 4. The average Bonchev–Trinajstić information content (AvgIpc) is 3.11. The van der Waals surface area contributed by atoms with Crippen LogP contribution in [-0.4, -0.2) is 33.8 Å². The van der Waals surface area contributed by atoms with Crippen molar-refractivity contribution in [3.8, 4) is 11.4 Å². The second-order valence-corrected chi connectivity index (χ2v) is 12.0. The van der Waals surface area contributed by atoms with Crippen molar-refractivity contribution >= 4 is 34.6 Å². The highest BCUT2D eigenvalue weighted by atomic mass is 32.9. The highest BCUT2D eigenvalue weighted by Gasteiger charge is 2.26. The van der Waals surface area contributed by atoms with Gasteiger partial charge in [-0.1, -0.05) is 60.7 Å². The summed E-state index contributed by atoms with van der Waals surface area (Å²) < 4.78 is 13.3. The Kier molecular flexibility index (Phi) is 7.75. The zero-order valence-corrected chi connectivity index (χ0v) is 19.1. The van der Waals surface area contributed by atoms with E-state index in [1.54, 1.807) is 4.68 Å². The second kappa shape index (κ2) is 10.3. The van der Waals surface area contributed by atoms with Gasteiger partial charge in [0.1, 0.15) is 0 Å². The summed E-state index contributed by atoms with van der Waals surface area (Å²) in [5.74, 6) is 0.637. The third kappa shape index (κ3) is 5.62. The SMILES string of the molecule is CCOP(=S)(OCC)Sc1nnc(-c2ccccc2)n1/N=C(\C)c1ccccc1. The van der Waals surface area contributed by atoms with Gasteiger partial charge in [0.15, 0.2) is 5.82 Å². The topological polar surface area (TPSA) is 61.5 Å². The summed E-state index contributed by atoms with van der Waals surface area (Å²) in [7, 11) is 0. The van der Waals surface area contributed by atoms with E-state index in [0.29, 0.717) is 24.2 Å². The van der Waals surface area contributed by atoms with Gasteiger partial charge >= 0.3 is 0 Å². The highest BCUT2D eigenvalue weighted by Crippen LogP contribution is 2.63. The summed E-state index contributed by atoms with van der Waals surface area (Å²) in [6.07, 6.45) is 0. The van der Waals surface area contributed by atoms with E-state index in [1.165, 1.54) is 11.4 Å². The lowest BCUT2D eigenvalue weighted by atomic mass is 10.1. The van der Waals surface area contributed by atoms with E-state index >= 15 is 0 Å².